The van der Waals surface area contributed by atoms with Crippen molar-refractivity contribution in [2.45, 2.75) is 13.5 Å². The fraction of sp³-hybridized carbons (Fsp3) is 0.368. The van der Waals surface area contributed by atoms with E-state index in [9.17, 15) is 4.79 Å². The Morgan fingerprint density at radius 1 is 1.24 bits per heavy atom. The number of benzene rings is 1. The van der Waals surface area contributed by atoms with E-state index in [0.717, 1.165) is 43.1 Å². The number of nitrogen functional groups attached to an aromatic ring is 1. The summed E-state index contributed by atoms with van der Waals surface area (Å²) in [6.45, 7) is 6.29. The van der Waals surface area contributed by atoms with Gasteiger partial charge in [0.2, 0.25) is 0 Å². The van der Waals surface area contributed by atoms with E-state index < -0.39 is 0 Å². The fourth-order valence-electron chi connectivity index (χ4n) is 3.03. The highest BCUT2D eigenvalue weighted by Crippen LogP contribution is 2.19. The Balaban J connectivity index is 1.71. The number of nitrogens with two attached hydrogens (primary N) is 1. The van der Waals surface area contributed by atoms with E-state index in [2.05, 4.69) is 27.1 Å². The number of rotatable bonds is 4. The lowest BCUT2D eigenvalue weighted by Crippen LogP contribution is -2.45. The van der Waals surface area contributed by atoms with Gasteiger partial charge in [0, 0.05) is 55.7 Å². The molecule has 1 fully saturated rings. The zero-order chi connectivity index (χ0) is 17.8. The van der Waals surface area contributed by atoms with Crippen LogP contribution < -0.4 is 16.0 Å². The number of nitrogens with zero attached hydrogens (tertiary/aromatic N) is 3. The molecule has 0 aliphatic carbocycles. The minimum Gasteiger partial charge on any atom is -0.399 e. The second-order valence-corrected chi connectivity index (χ2v) is 6.53. The monoisotopic (exact) mass is 339 g/mol. The van der Waals surface area contributed by atoms with Crippen LogP contribution in [0.15, 0.2) is 36.5 Å². The average molecular weight is 339 g/mol. The van der Waals surface area contributed by atoms with Crippen LogP contribution in [0, 0.1) is 6.92 Å². The molecule has 1 aliphatic rings. The quantitative estimate of drug-likeness (QED) is 0.829. The first-order chi connectivity index (χ1) is 12.0. The van der Waals surface area contributed by atoms with Gasteiger partial charge in [-0.1, -0.05) is 12.1 Å². The molecule has 1 aliphatic heterocycles. The predicted molar refractivity (Wildman–Crippen MR) is 101 cm³/mol. The third-order valence-corrected chi connectivity index (χ3v) is 4.62. The van der Waals surface area contributed by atoms with Crippen LogP contribution >= 0.6 is 0 Å². The Labute approximate surface area is 148 Å². The first-order valence-corrected chi connectivity index (χ1v) is 8.56. The lowest BCUT2D eigenvalue weighted by Gasteiger charge is -2.34. The number of carbonyl (C=O) groups is 1. The van der Waals surface area contributed by atoms with Gasteiger partial charge in [0.1, 0.15) is 5.82 Å². The molecule has 1 aromatic heterocycles. The van der Waals surface area contributed by atoms with E-state index in [1.165, 1.54) is 0 Å². The minimum absolute atomic E-state index is 0.113. The van der Waals surface area contributed by atoms with Crippen LogP contribution in [-0.4, -0.2) is 49.0 Å². The Hall–Kier alpha value is -2.60. The Morgan fingerprint density at radius 2 is 2.00 bits per heavy atom. The van der Waals surface area contributed by atoms with Crippen LogP contribution in [0.3, 0.4) is 0 Å². The number of amides is 1. The summed E-state index contributed by atoms with van der Waals surface area (Å²) >= 11 is 0. The molecule has 3 rings (SSSR count). The van der Waals surface area contributed by atoms with E-state index >= 15 is 0 Å². The lowest BCUT2D eigenvalue weighted by molar-refractivity contribution is 0.0950. The molecule has 1 aromatic carbocycles. The van der Waals surface area contributed by atoms with Crippen molar-refractivity contribution in [3.05, 3.63) is 53.2 Å². The number of aromatic nitrogens is 1. The normalized spacial score (nSPS) is 15.2. The lowest BCUT2D eigenvalue weighted by atomic mass is 10.1. The van der Waals surface area contributed by atoms with E-state index in [1.807, 2.05) is 25.1 Å². The van der Waals surface area contributed by atoms with Gasteiger partial charge in [-0.05, 0) is 37.7 Å². The highest BCUT2D eigenvalue weighted by atomic mass is 16.1. The van der Waals surface area contributed by atoms with Crippen LogP contribution in [0.4, 0.5) is 11.5 Å². The van der Waals surface area contributed by atoms with Gasteiger partial charge < -0.3 is 20.9 Å². The number of anilines is 2. The topological polar surface area (TPSA) is 74.5 Å². The highest BCUT2D eigenvalue weighted by Gasteiger charge is 2.18. The SMILES string of the molecule is Cc1ccc(N)cc1C(=O)NCc1cccnc1N1CCN(C)CC1. The largest absolute Gasteiger partial charge is 0.399 e. The molecule has 0 unspecified atom stereocenters. The van der Waals surface area contributed by atoms with Gasteiger partial charge in [-0.25, -0.2) is 4.98 Å². The number of piperazine rings is 1. The third-order valence-electron chi connectivity index (χ3n) is 4.62. The summed E-state index contributed by atoms with van der Waals surface area (Å²) < 4.78 is 0. The van der Waals surface area contributed by atoms with Crippen molar-refractivity contribution < 1.29 is 4.79 Å². The van der Waals surface area contributed by atoms with Crippen molar-refractivity contribution in [2.75, 3.05) is 43.9 Å². The molecule has 3 N–H and O–H groups in total. The van der Waals surface area contributed by atoms with E-state index in [4.69, 9.17) is 5.73 Å². The van der Waals surface area contributed by atoms with Crippen molar-refractivity contribution in [1.82, 2.24) is 15.2 Å². The van der Waals surface area contributed by atoms with Crippen molar-refractivity contribution in [3.63, 3.8) is 0 Å². The number of hydrogen-bond acceptors (Lipinski definition) is 5. The van der Waals surface area contributed by atoms with Crippen LogP contribution in [-0.2, 0) is 6.54 Å². The average Bonchev–Trinajstić information content (AvgIpc) is 2.63. The van der Waals surface area contributed by atoms with Crippen molar-refractivity contribution in [3.8, 4) is 0 Å². The minimum atomic E-state index is -0.113. The Morgan fingerprint density at radius 3 is 2.76 bits per heavy atom. The molecule has 6 heteroatoms. The predicted octanol–water partition coefficient (Wildman–Crippen LogP) is 1.65. The smallest absolute Gasteiger partial charge is 0.251 e. The molecule has 0 atom stereocenters. The second kappa shape index (κ2) is 7.53. The molecular weight excluding hydrogens is 314 g/mol. The highest BCUT2D eigenvalue weighted by molar-refractivity contribution is 5.96. The number of nitrogens with one attached hydrogen (secondary N) is 1. The van der Waals surface area contributed by atoms with E-state index in [-0.39, 0.29) is 5.91 Å². The second-order valence-electron chi connectivity index (χ2n) is 6.53. The summed E-state index contributed by atoms with van der Waals surface area (Å²) in [7, 11) is 2.13. The first kappa shape index (κ1) is 17.2. The summed E-state index contributed by atoms with van der Waals surface area (Å²) in [5.41, 5.74) is 8.96. The van der Waals surface area contributed by atoms with Gasteiger partial charge in [-0.2, -0.15) is 0 Å². The fourth-order valence-corrected chi connectivity index (χ4v) is 3.03. The van der Waals surface area contributed by atoms with Crippen molar-refractivity contribution in [2.24, 2.45) is 0 Å². The molecule has 0 radical (unpaired) electrons. The first-order valence-electron chi connectivity index (χ1n) is 8.56. The summed E-state index contributed by atoms with van der Waals surface area (Å²) in [6.07, 6.45) is 1.81. The van der Waals surface area contributed by atoms with E-state index in [1.54, 1.807) is 18.3 Å². The molecule has 132 valence electrons. The van der Waals surface area contributed by atoms with Crippen LogP contribution in [0.5, 0.6) is 0 Å². The number of hydrogen-bond donors (Lipinski definition) is 2. The Bertz CT molecular complexity index is 753. The zero-order valence-corrected chi connectivity index (χ0v) is 14.8. The van der Waals surface area contributed by atoms with Gasteiger partial charge in [0.25, 0.3) is 5.91 Å². The van der Waals surface area contributed by atoms with Gasteiger partial charge in [0.05, 0.1) is 0 Å². The molecule has 0 saturated carbocycles. The summed E-state index contributed by atoms with van der Waals surface area (Å²) in [4.78, 5) is 21.7. The number of carbonyl (C=O) groups excluding carboxylic acids is 1. The number of aryl methyl sites for hydroxylation is 1. The maximum atomic E-state index is 12.5. The zero-order valence-electron chi connectivity index (χ0n) is 14.8. The van der Waals surface area contributed by atoms with E-state index in [0.29, 0.717) is 17.8 Å². The van der Waals surface area contributed by atoms with Gasteiger partial charge >= 0.3 is 0 Å². The summed E-state index contributed by atoms with van der Waals surface area (Å²) in [5.74, 6) is 0.846. The van der Waals surface area contributed by atoms with Gasteiger partial charge in [-0.15, -0.1) is 0 Å². The summed E-state index contributed by atoms with van der Waals surface area (Å²) in [6, 6.07) is 9.32. The molecule has 1 amide bonds. The molecule has 25 heavy (non-hydrogen) atoms. The van der Waals surface area contributed by atoms with Crippen LogP contribution in [0.25, 0.3) is 0 Å². The van der Waals surface area contributed by atoms with Gasteiger partial charge in [0.15, 0.2) is 0 Å². The molecule has 6 nitrogen and oxygen atoms in total. The number of likely N-dealkylation sites (N-methyl/N-ethyl adjacent to an activating group) is 1. The number of pyridine rings is 1. The maximum absolute atomic E-state index is 12.5. The van der Waals surface area contributed by atoms with Crippen LogP contribution in [0.1, 0.15) is 21.5 Å². The molecule has 1 saturated heterocycles. The van der Waals surface area contributed by atoms with Crippen molar-refractivity contribution in [1.29, 1.82) is 0 Å². The maximum Gasteiger partial charge on any atom is 0.251 e. The third kappa shape index (κ3) is 4.09. The van der Waals surface area contributed by atoms with Crippen molar-refractivity contribution >= 4 is 17.4 Å². The Kier molecular flexibility index (Phi) is 5.19. The molecule has 0 spiro atoms. The molecule has 0 bridgehead atoms. The molecular formula is C19H25N5O. The van der Waals surface area contributed by atoms with Crippen LogP contribution in [0.2, 0.25) is 0 Å². The molecule has 2 aromatic rings. The summed E-state index contributed by atoms with van der Waals surface area (Å²) in [5, 5.41) is 3.00. The van der Waals surface area contributed by atoms with Gasteiger partial charge in [-0.3, -0.25) is 4.79 Å². The standard InChI is InChI=1S/C19H25N5O/c1-14-5-6-16(20)12-17(14)19(25)22-13-15-4-3-7-21-18(15)24-10-8-23(2)9-11-24/h3-7,12H,8-11,13,20H2,1-2H3,(H,22,25). The molecule has 2 heterocycles.